The van der Waals surface area contributed by atoms with Crippen molar-refractivity contribution in [1.29, 1.82) is 0 Å². The first-order valence-electron chi connectivity index (χ1n) is 6.40. The third-order valence-electron chi connectivity index (χ3n) is 3.39. The van der Waals surface area contributed by atoms with E-state index in [0.29, 0.717) is 5.92 Å². The molecule has 88 valence electrons. The average molecular weight is 218 g/mol. The predicted molar refractivity (Wildman–Crippen MR) is 68.7 cm³/mol. The third-order valence-corrected chi connectivity index (χ3v) is 3.39. The van der Waals surface area contributed by atoms with E-state index in [1.807, 2.05) is 0 Å². The van der Waals surface area contributed by atoms with E-state index in [9.17, 15) is 0 Å². The van der Waals surface area contributed by atoms with Crippen molar-refractivity contribution in [3.8, 4) is 0 Å². The Bertz CT molecular complexity index is 316. The molecule has 2 heteroatoms. The molecule has 0 amide bonds. The molecule has 1 aromatic carbocycles. The smallest absolute Gasteiger partial charge is 0.00201 e. The summed E-state index contributed by atoms with van der Waals surface area (Å²) in [6, 6.07) is 9.04. The van der Waals surface area contributed by atoms with Crippen molar-refractivity contribution in [1.82, 2.24) is 5.32 Å². The molecular formula is C14H22N2. The topological polar surface area (TPSA) is 38.0 Å². The first kappa shape index (κ1) is 11.6. The van der Waals surface area contributed by atoms with Gasteiger partial charge in [0.25, 0.3) is 0 Å². The fourth-order valence-corrected chi connectivity index (χ4v) is 2.45. The van der Waals surface area contributed by atoms with Crippen molar-refractivity contribution in [3.63, 3.8) is 0 Å². The van der Waals surface area contributed by atoms with E-state index in [1.54, 1.807) is 0 Å². The molecule has 1 atom stereocenters. The van der Waals surface area contributed by atoms with Gasteiger partial charge in [0.1, 0.15) is 0 Å². The molecule has 0 spiro atoms. The highest BCUT2D eigenvalue weighted by atomic mass is 14.9. The Labute approximate surface area is 98.2 Å². The van der Waals surface area contributed by atoms with Gasteiger partial charge in [-0.2, -0.15) is 0 Å². The van der Waals surface area contributed by atoms with Gasteiger partial charge in [0.2, 0.25) is 0 Å². The SMILES string of the molecule is NCCCc1cccc(C2CCCNC2)c1. The standard InChI is InChI=1S/C14H22N2/c15-8-2-5-12-4-1-6-13(10-12)14-7-3-9-16-11-14/h1,4,6,10,14,16H,2-3,5,7-9,11,15H2. The maximum atomic E-state index is 5.55. The molecule has 0 aliphatic carbocycles. The van der Waals surface area contributed by atoms with Crippen LogP contribution in [0.2, 0.25) is 0 Å². The zero-order valence-corrected chi connectivity index (χ0v) is 9.91. The minimum atomic E-state index is 0.714. The monoisotopic (exact) mass is 218 g/mol. The van der Waals surface area contributed by atoms with Gasteiger partial charge in [0.15, 0.2) is 0 Å². The van der Waals surface area contributed by atoms with Crippen molar-refractivity contribution in [2.24, 2.45) is 5.73 Å². The number of benzene rings is 1. The molecule has 0 radical (unpaired) electrons. The van der Waals surface area contributed by atoms with Crippen molar-refractivity contribution in [2.45, 2.75) is 31.6 Å². The van der Waals surface area contributed by atoms with Gasteiger partial charge in [0.05, 0.1) is 0 Å². The molecule has 1 aliphatic rings. The Hall–Kier alpha value is -0.860. The molecule has 2 rings (SSSR count). The minimum absolute atomic E-state index is 0.714. The van der Waals surface area contributed by atoms with Crippen molar-refractivity contribution in [2.75, 3.05) is 19.6 Å². The van der Waals surface area contributed by atoms with E-state index in [1.165, 1.54) is 30.5 Å². The fourth-order valence-electron chi connectivity index (χ4n) is 2.45. The van der Waals surface area contributed by atoms with Crippen LogP contribution in [-0.2, 0) is 6.42 Å². The van der Waals surface area contributed by atoms with Crippen LogP contribution in [0.1, 0.15) is 36.3 Å². The van der Waals surface area contributed by atoms with Crippen LogP contribution in [0, 0.1) is 0 Å². The van der Waals surface area contributed by atoms with Crippen molar-refractivity contribution in [3.05, 3.63) is 35.4 Å². The normalized spacial score (nSPS) is 20.9. The van der Waals surface area contributed by atoms with Gasteiger partial charge >= 0.3 is 0 Å². The molecule has 2 nitrogen and oxygen atoms in total. The lowest BCUT2D eigenvalue weighted by Gasteiger charge is -2.23. The number of aryl methyl sites for hydroxylation is 1. The third kappa shape index (κ3) is 3.06. The van der Waals surface area contributed by atoms with Gasteiger partial charge < -0.3 is 11.1 Å². The first-order valence-corrected chi connectivity index (χ1v) is 6.40. The van der Waals surface area contributed by atoms with Gasteiger partial charge in [-0.3, -0.25) is 0 Å². The van der Waals surface area contributed by atoms with E-state index in [0.717, 1.165) is 25.9 Å². The second kappa shape index (κ2) is 6.02. The molecule has 0 bridgehead atoms. The van der Waals surface area contributed by atoms with Crippen LogP contribution < -0.4 is 11.1 Å². The predicted octanol–water partition coefficient (Wildman–Crippen LogP) is 2.04. The number of nitrogens with one attached hydrogen (secondary N) is 1. The summed E-state index contributed by atoms with van der Waals surface area (Å²) in [7, 11) is 0. The van der Waals surface area contributed by atoms with Crippen LogP contribution in [0.5, 0.6) is 0 Å². The molecule has 1 unspecified atom stereocenters. The van der Waals surface area contributed by atoms with E-state index in [2.05, 4.69) is 29.6 Å². The second-order valence-corrected chi connectivity index (χ2v) is 4.68. The summed E-state index contributed by atoms with van der Waals surface area (Å²) < 4.78 is 0. The van der Waals surface area contributed by atoms with Gasteiger partial charge in [-0.1, -0.05) is 24.3 Å². The highest BCUT2D eigenvalue weighted by Crippen LogP contribution is 2.24. The van der Waals surface area contributed by atoms with Crippen molar-refractivity contribution < 1.29 is 0 Å². The summed E-state index contributed by atoms with van der Waals surface area (Å²) in [6.07, 6.45) is 4.84. The zero-order chi connectivity index (χ0) is 11.2. The molecule has 3 N–H and O–H groups in total. The van der Waals surface area contributed by atoms with E-state index >= 15 is 0 Å². The van der Waals surface area contributed by atoms with Gasteiger partial charge in [-0.25, -0.2) is 0 Å². The van der Waals surface area contributed by atoms with E-state index in [-0.39, 0.29) is 0 Å². The van der Waals surface area contributed by atoms with Gasteiger partial charge in [0, 0.05) is 6.54 Å². The minimum Gasteiger partial charge on any atom is -0.330 e. The lowest BCUT2D eigenvalue weighted by molar-refractivity contribution is 0.461. The molecule has 0 saturated carbocycles. The Morgan fingerprint density at radius 3 is 3.06 bits per heavy atom. The lowest BCUT2D eigenvalue weighted by Crippen LogP contribution is -2.28. The second-order valence-electron chi connectivity index (χ2n) is 4.68. The zero-order valence-electron chi connectivity index (χ0n) is 9.91. The first-order chi connectivity index (χ1) is 7.90. The quantitative estimate of drug-likeness (QED) is 0.811. The highest BCUT2D eigenvalue weighted by Gasteiger charge is 2.14. The van der Waals surface area contributed by atoms with Crippen LogP contribution in [0.4, 0.5) is 0 Å². The Morgan fingerprint density at radius 2 is 2.31 bits per heavy atom. The molecule has 16 heavy (non-hydrogen) atoms. The maximum Gasteiger partial charge on any atom is 0.00201 e. The summed E-state index contributed by atoms with van der Waals surface area (Å²) in [5.41, 5.74) is 8.49. The van der Waals surface area contributed by atoms with E-state index in [4.69, 9.17) is 5.73 Å². The summed E-state index contributed by atoms with van der Waals surface area (Å²) in [5.74, 6) is 0.714. The molecule has 1 saturated heterocycles. The number of hydrogen-bond acceptors (Lipinski definition) is 2. The summed E-state index contributed by atoms with van der Waals surface area (Å²) in [5, 5.41) is 3.48. The summed E-state index contributed by atoms with van der Waals surface area (Å²) in [4.78, 5) is 0. The number of hydrogen-bond donors (Lipinski definition) is 2. The number of piperidine rings is 1. The van der Waals surface area contributed by atoms with Crippen LogP contribution in [0.25, 0.3) is 0 Å². The summed E-state index contributed by atoms with van der Waals surface area (Å²) >= 11 is 0. The molecule has 1 aliphatic heterocycles. The number of rotatable bonds is 4. The Kier molecular flexibility index (Phi) is 4.37. The summed E-state index contributed by atoms with van der Waals surface area (Å²) in [6.45, 7) is 3.11. The highest BCUT2D eigenvalue weighted by molar-refractivity contribution is 5.27. The fraction of sp³-hybridized carbons (Fsp3) is 0.571. The van der Waals surface area contributed by atoms with Crippen molar-refractivity contribution >= 4 is 0 Å². The molecule has 1 aromatic rings. The van der Waals surface area contributed by atoms with Crippen LogP contribution in [0.15, 0.2) is 24.3 Å². The molecule has 1 fully saturated rings. The van der Waals surface area contributed by atoms with E-state index < -0.39 is 0 Å². The average Bonchev–Trinajstić information content (AvgIpc) is 2.38. The Balaban J connectivity index is 2.02. The molecular weight excluding hydrogens is 196 g/mol. The van der Waals surface area contributed by atoms with Crippen LogP contribution >= 0.6 is 0 Å². The molecule has 1 heterocycles. The Morgan fingerprint density at radius 1 is 1.38 bits per heavy atom. The number of nitrogens with two attached hydrogens (primary N) is 1. The van der Waals surface area contributed by atoms with Crippen LogP contribution in [0.3, 0.4) is 0 Å². The van der Waals surface area contributed by atoms with Crippen LogP contribution in [-0.4, -0.2) is 19.6 Å². The lowest BCUT2D eigenvalue weighted by atomic mass is 9.90. The maximum absolute atomic E-state index is 5.55. The largest absolute Gasteiger partial charge is 0.330 e. The molecule has 0 aromatic heterocycles. The van der Waals surface area contributed by atoms with Gasteiger partial charge in [-0.05, 0) is 55.8 Å². The van der Waals surface area contributed by atoms with Gasteiger partial charge in [-0.15, -0.1) is 0 Å².